The molecule has 0 spiro atoms. The van der Waals surface area contributed by atoms with Crippen molar-refractivity contribution in [1.29, 1.82) is 0 Å². The summed E-state index contributed by atoms with van der Waals surface area (Å²) in [4.78, 5) is 28.5. The van der Waals surface area contributed by atoms with E-state index < -0.39 is 5.97 Å². The van der Waals surface area contributed by atoms with Crippen molar-refractivity contribution in [2.24, 2.45) is 0 Å². The Balaban J connectivity index is 2.62. The maximum absolute atomic E-state index is 11.1. The molecule has 5 nitrogen and oxygen atoms in total. The maximum Gasteiger partial charge on any atom is 0.337 e. The number of pyridine rings is 1. The molecule has 2 rings (SSSR count). The zero-order valence-electron chi connectivity index (χ0n) is 7.94. The summed E-state index contributed by atoms with van der Waals surface area (Å²) in [5.74, 6) is -1.14. The Labute approximate surface area is 84.8 Å². The summed E-state index contributed by atoms with van der Waals surface area (Å²) in [6.45, 7) is 1.43. The van der Waals surface area contributed by atoms with Crippen LogP contribution in [0.25, 0.3) is 11.0 Å². The van der Waals surface area contributed by atoms with E-state index in [2.05, 4.69) is 9.97 Å². The average molecular weight is 204 g/mol. The number of carbonyl (C=O) groups excluding carboxylic acids is 1. The molecule has 2 N–H and O–H groups in total. The molecule has 0 bridgehead atoms. The Hall–Kier alpha value is -2.17. The number of Topliss-reactive ketones (excluding diaryl/α,β-unsaturated/α-hetero) is 1. The first kappa shape index (κ1) is 9.39. The Morgan fingerprint density at radius 1 is 1.40 bits per heavy atom. The number of carbonyl (C=O) groups is 2. The third kappa shape index (κ3) is 1.59. The summed E-state index contributed by atoms with van der Waals surface area (Å²) in [5.41, 5.74) is 1.06. The normalized spacial score (nSPS) is 10.5. The second-order valence-electron chi connectivity index (χ2n) is 3.21. The van der Waals surface area contributed by atoms with Crippen molar-refractivity contribution in [1.82, 2.24) is 9.97 Å². The van der Waals surface area contributed by atoms with Crippen LogP contribution in [0.2, 0.25) is 0 Å². The minimum Gasteiger partial charge on any atom is -0.478 e. The molecule has 0 aliphatic rings. The van der Waals surface area contributed by atoms with Crippen LogP contribution in [0.1, 0.15) is 27.8 Å². The Kier molecular flexibility index (Phi) is 2.00. The lowest BCUT2D eigenvalue weighted by Gasteiger charge is -1.92. The number of carboxylic acids is 1. The molecule has 76 valence electrons. The largest absolute Gasteiger partial charge is 0.478 e. The number of aromatic carboxylic acids is 1. The van der Waals surface area contributed by atoms with Crippen molar-refractivity contribution in [2.45, 2.75) is 6.92 Å². The highest BCUT2D eigenvalue weighted by atomic mass is 16.4. The standard InChI is InChI=1S/C10H8N2O3/c1-5(13)8-3-6-2-7(10(14)15)4-11-9(6)12-8/h2-4H,1H3,(H,11,12)(H,14,15). The van der Waals surface area contributed by atoms with E-state index in [1.807, 2.05) is 0 Å². The number of rotatable bonds is 2. The van der Waals surface area contributed by atoms with Crippen LogP contribution in [-0.4, -0.2) is 26.8 Å². The molecule has 0 unspecified atom stereocenters. The summed E-state index contributed by atoms with van der Waals surface area (Å²) in [6, 6.07) is 3.07. The van der Waals surface area contributed by atoms with Gasteiger partial charge in [-0.3, -0.25) is 4.79 Å². The number of hydrogen-bond donors (Lipinski definition) is 2. The third-order valence-electron chi connectivity index (χ3n) is 2.10. The van der Waals surface area contributed by atoms with Gasteiger partial charge in [-0.05, 0) is 12.1 Å². The van der Waals surface area contributed by atoms with Crippen LogP contribution in [0, 0.1) is 0 Å². The van der Waals surface area contributed by atoms with E-state index in [-0.39, 0.29) is 11.3 Å². The first-order valence-corrected chi connectivity index (χ1v) is 4.31. The van der Waals surface area contributed by atoms with E-state index >= 15 is 0 Å². The van der Waals surface area contributed by atoms with Crippen LogP contribution in [0.3, 0.4) is 0 Å². The van der Waals surface area contributed by atoms with Gasteiger partial charge in [-0.2, -0.15) is 0 Å². The monoisotopic (exact) mass is 204 g/mol. The summed E-state index contributed by atoms with van der Waals surface area (Å²) in [6.07, 6.45) is 1.26. The SMILES string of the molecule is CC(=O)c1cc2cc(C(=O)O)cnc2[nH]1. The minimum atomic E-state index is -1.03. The average Bonchev–Trinajstić information content (AvgIpc) is 2.59. The van der Waals surface area contributed by atoms with Gasteiger partial charge in [0.2, 0.25) is 0 Å². The van der Waals surface area contributed by atoms with Crippen LogP contribution in [0.5, 0.6) is 0 Å². The number of aromatic nitrogens is 2. The number of nitrogens with zero attached hydrogens (tertiary/aromatic N) is 1. The van der Waals surface area contributed by atoms with Crippen molar-refractivity contribution >= 4 is 22.8 Å². The first-order chi connectivity index (χ1) is 7.08. The van der Waals surface area contributed by atoms with Gasteiger partial charge in [-0.25, -0.2) is 9.78 Å². The molecule has 0 aromatic carbocycles. The molecule has 0 fully saturated rings. The smallest absolute Gasteiger partial charge is 0.337 e. The highest BCUT2D eigenvalue weighted by Gasteiger charge is 2.09. The van der Waals surface area contributed by atoms with E-state index in [0.29, 0.717) is 16.7 Å². The topological polar surface area (TPSA) is 83.1 Å². The molecule has 5 heteroatoms. The quantitative estimate of drug-likeness (QED) is 0.725. The predicted octanol–water partition coefficient (Wildman–Crippen LogP) is 1.46. The van der Waals surface area contributed by atoms with Gasteiger partial charge in [-0.15, -0.1) is 0 Å². The number of aromatic amines is 1. The summed E-state index contributed by atoms with van der Waals surface area (Å²) in [5, 5.41) is 9.37. The molecule has 2 aromatic rings. The molecule has 0 aliphatic heterocycles. The van der Waals surface area contributed by atoms with E-state index in [4.69, 9.17) is 5.11 Å². The molecule has 2 heterocycles. The minimum absolute atomic E-state index is 0.107. The van der Waals surface area contributed by atoms with E-state index in [0.717, 1.165) is 0 Å². The zero-order valence-corrected chi connectivity index (χ0v) is 7.94. The van der Waals surface area contributed by atoms with Gasteiger partial charge >= 0.3 is 5.97 Å². The molecule has 15 heavy (non-hydrogen) atoms. The van der Waals surface area contributed by atoms with Crippen LogP contribution in [-0.2, 0) is 0 Å². The van der Waals surface area contributed by atoms with Gasteiger partial charge < -0.3 is 10.1 Å². The number of fused-ring (bicyclic) bond motifs is 1. The zero-order chi connectivity index (χ0) is 11.0. The molecule has 0 radical (unpaired) electrons. The van der Waals surface area contributed by atoms with E-state index in [9.17, 15) is 9.59 Å². The van der Waals surface area contributed by atoms with Crippen molar-refractivity contribution < 1.29 is 14.7 Å². The van der Waals surface area contributed by atoms with Crippen molar-refractivity contribution in [3.8, 4) is 0 Å². The van der Waals surface area contributed by atoms with Gasteiger partial charge in [0, 0.05) is 18.5 Å². The second kappa shape index (κ2) is 3.20. The van der Waals surface area contributed by atoms with Gasteiger partial charge in [-0.1, -0.05) is 0 Å². The molecule has 0 saturated heterocycles. The molecule has 0 saturated carbocycles. The molecule has 2 aromatic heterocycles. The molecule has 0 aliphatic carbocycles. The lowest BCUT2D eigenvalue weighted by molar-refractivity contribution is 0.0696. The molecule has 0 atom stereocenters. The lowest BCUT2D eigenvalue weighted by Crippen LogP contribution is -1.96. The van der Waals surface area contributed by atoms with Gasteiger partial charge in [0.25, 0.3) is 0 Å². The fourth-order valence-corrected chi connectivity index (χ4v) is 1.32. The highest BCUT2D eigenvalue weighted by molar-refractivity contribution is 5.98. The Morgan fingerprint density at radius 2 is 2.13 bits per heavy atom. The van der Waals surface area contributed by atoms with E-state index in [1.165, 1.54) is 19.2 Å². The molecular formula is C10H8N2O3. The molecular weight excluding hydrogens is 196 g/mol. The number of hydrogen-bond acceptors (Lipinski definition) is 3. The van der Waals surface area contributed by atoms with Crippen LogP contribution < -0.4 is 0 Å². The van der Waals surface area contributed by atoms with Gasteiger partial charge in [0.05, 0.1) is 11.3 Å². The van der Waals surface area contributed by atoms with Crippen molar-refractivity contribution in [2.75, 3.05) is 0 Å². The summed E-state index contributed by atoms with van der Waals surface area (Å²) in [7, 11) is 0. The molecule has 0 amide bonds. The van der Waals surface area contributed by atoms with Crippen LogP contribution in [0.4, 0.5) is 0 Å². The lowest BCUT2D eigenvalue weighted by atomic mass is 10.2. The van der Waals surface area contributed by atoms with Crippen LogP contribution >= 0.6 is 0 Å². The Bertz CT molecular complexity index is 545. The first-order valence-electron chi connectivity index (χ1n) is 4.31. The number of H-pyrrole nitrogens is 1. The second-order valence-corrected chi connectivity index (χ2v) is 3.21. The van der Waals surface area contributed by atoms with Gasteiger partial charge in [0.15, 0.2) is 5.78 Å². The van der Waals surface area contributed by atoms with Crippen molar-refractivity contribution in [3.05, 3.63) is 29.6 Å². The summed E-state index contributed by atoms with van der Waals surface area (Å²) < 4.78 is 0. The van der Waals surface area contributed by atoms with Crippen molar-refractivity contribution in [3.63, 3.8) is 0 Å². The van der Waals surface area contributed by atoms with Crippen LogP contribution in [0.15, 0.2) is 18.3 Å². The highest BCUT2D eigenvalue weighted by Crippen LogP contribution is 2.15. The Morgan fingerprint density at radius 3 is 2.73 bits per heavy atom. The summed E-state index contributed by atoms with van der Waals surface area (Å²) >= 11 is 0. The van der Waals surface area contributed by atoms with Gasteiger partial charge in [0.1, 0.15) is 5.65 Å². The van der Waals surface area contributed by atoms with E-state index in [1.54, 1.807) is 6.07 Å². The maximum atomic E-state index is 11.1. The number of ketones is 1. The fourth-order valence-electron chi connectivity index (χ4n) is 1.32. The third-order valence-corrected chi connectivity index (χ3v) is 2.10. The number of carboxylic acid groups (broad SMARTS) is 1. The predicted molar refractivity (Wildman–Crippen MR) is 53.1 cm³/mol. The fraction of sp³-hybridized carbons (Fsp3) is 0.100. The number of nitrogens with one attached hydrogen (secondary N) is 1.